The Morgan fingerprint density at radius 2 is 2.12 bits per heavy atom. The van der Waals surface area contributed by atoms with Gasteiger partial charge in [0.2, 0.25) is 5.69 Å². The average Bonchev–Trinajstić information content (AvgIpc) is 3.10. The van der Waals surface area contributed by atoms with Crippen molar-refractivity contribution in [2.75, 3.05) is 13.1 Å². The fourth-order valence-corrected chi connectivity index (χ4v) is 2.55. The number of ether oxygens (including phenoxy) is 1. The second-order valence-corrected chi connectivity index (χ2v) is 5.58. The van der Waals surface area contributed by atoms with Crippen LogP contribution >= 0.6 is 0 Å². The maximum Gasteiger partial charge on any atom is 0.317 e. The van der Waals surface area contributed by atoms with Gasteiger partial charge in [-0.05, 0) is 17.7 Å². The van der Waals surface area contributed by atoms with E-state index in [1.54, 1.807) is 17.0 Å². The summed E-state index contributed by atoms with van der Waals surface area (Å²) in [6.45, 7) is 1.27. The lowest BCUT2D eigenvalue weighted by Gasteiger charge is -2.18. The number of benzene rings is 1. The molecule has 0 spiro atoms. The van der Waals surface area contributed by atoms with Crippen molar-refractivity contribution in [2.45, 2.75) is 19.1 Å². The van der Waals surface area contributed by atoms with Crippen molar-refractivity contribution < 1.29 is 13.9 Å². The highest BCUT2D eigenvalue weighted by molar-refractivity contribution is 5.74. The zero-order valence-corrected chi connectivity index (χ0v) is 13.4. The number of urea groups is 1. The summed E-state index contributed by atoms with van der Waals surface area (Å²) in [5.74, 6) is -0.126. The Bertz CT molecular complexity index is 790. The van der Waals surface area contributed by atoms with Gasteiger partial charge in [0.25, 0.3) is 5.88 Å². The first-order chi connectivity index (χ1) is 12.2. The topological polar surface area (TPSA) is 91.1 Å². The summed E-state index contributed by atoms with van der Waals surface area (Å²) in [5, 5.41) is 11.8. The molecule has 1 fully saturated rings. The number of carbonyl (C=O) groups excluding carboxylic acids is 1. The van der Waals surface area contributed by atoms with Crippen LogP contribution < -0.4 is 10.1 Å². The monoisotopic (exact) mass is 341 g/mol. The number of amides is 2. The van der Waals surface area contributed by atoms with Crippen LogP contribution in [0.25, 0.3) is 0 Å². The van der Waals surface area contributed by atoms with Gasteiger partial charge in [0.05, 0.1) is 6.54 Å². The van der Waals surface area contributed by atoms with Crippen LogP contribution in [0.3, 0.4) is 0 Å². The molecular formula is C17H16FN5O2. The Balaban J connectivity index is 1.51. The quantitative estimate of drug-likeness (QED) is 0.916. The molecule has 2 heterocycles. The molecule has 2 amide bonds. The number of carbonyl (C=O) groups is 1. The lowest BCUT2D eigenvalue weighted by atomic mass is 10.2. The van der Waals surface area contributed by atoms with E-state index in [1.165, 1.54) is 24.5 Å². The third-order valence-electron chi connectivity index (χ3n) is 3.84. The van der Waals surface area contributed by atoms with Crippen molar-refractivity contribution in [3.05, 3.63) is 53.7 Å². The molecule has 25 heavy (non-hydrogen) atoms. The molecule has 1 aliphatic heterocycles. The molecule has 128 valence electrons. The van der Waals surface area contributed by atoms with Crippen molar-refractivity contribution in [3.63, 3.8) is 0 Å². The highest BCUT2D eigenvalue weighted by Gasteiger charge is 2.28. The third kappa shape index (κ3) is 4.20. The highest BCUT2D eigenvalue weighted by Crippen LogP contribution is 2.18. The first-order valence-electron chi connectivity index (χ1n) is 7.80. The van der Waals surface area contributed by atoms with E-state index >= 15 is 0 Å². The average molecular weight is 341 g/mol. The third-order valence-corrected chi connectivity index (χ3v) is 3.84. The van der Waals surface area contributed by atoms with Crippen molar-refractivity contribution in [1.29, 1.82) is 5.26 Å². The molecule has 7 nitrogen and oxygen atoms in total. The number of nitrogens with zero attached hydrogens (tertiary/aromatic N) is 4. The van der Waals surface area contributed by atoms with Crippen LogP contribution in [0, 0.1) is 17.1 Å². The molecule has 1 aromatic carbocycles. The Kier molecular flexibility index (Phi) is 5.04. The molecule has 0 saturated carbocycles. The van der Waals surface area contributed by atoms with Gasteiger partial charge in [-0.25, -0.2) is 19.2 Å². The molecule has 0 radical (unpaired) electrons. The first-order valence-corrected chi connectivity index (χ1v) is 7.80. The minimum atomic E-state index is -0.310. The van der Waals surface area contributed by atoms with E-state index in [4.69, 9.17) is 10.00 Å². The van der Waals surface area contributed by atoms with Gasteiger partial charge in [-0.15, -0.1) is 0 Å². The van der Waals surface area contributed by atoms with Crippen LogP contribution in [0.15, 0.2) is 36.7 Å². The fourth-order valence-electron chi connectivity index (χ4n) is 2.55. The number of aromatic nitrogens is 2. The zero-order valence-electron chi connectivity index (χ0n) is 13.4. The molecule has 1 atom stereocenters. The molecule has 1 unspecified atom stereocenters. The zero-order chi connectivity index (χ0) is 17.6. The number of hydrogen-bond acceptors (Lipinski definition) is 5. The second-order valence-electron chi connectivity index (χ2n) is 5.58. The van der Waals surface area contributed by atoms with Gasteiger partial charge >= 0.3 is 6.03 Å². The second kappa shape index (κ2) is 7.57. The van der Waals surface area contributed by atoms with E-state index in [2.05, 4.69) is 15.3 Å². The Morgan fingerprint density at radius 3 is 2.88 bits per heavy atom. The van der Waals surface area contributed by atoms with Gasteiger partial charge in [0.1, 0.15) is 18.0 Å². The number of nitrogens with one attached hydrogen (secondary N) is 1. The molecular weight excluding hydrogens is 325 g/mol. The molecule has 2 aromatic rings. The SMILES string of the molecule is N#Cc1nccnc1OC1CCN(C(=O)NCc2ccc(F)cc2)C1. The lowest BCUT2D eigenvalue weighted by molar-refractivity contribution is 0.182. The van der Waals surface area contributed by atoms with E-state index in [1.807, 2.05) is 6.07 Å². The molecule has 8 heteroatoms. The van der Waals surface area contributed by atoms with Gasteiger partial charge in [-0.2, -0.15) is 5.26 Å². The van der Waals surface area contributed by atoms with Crippen molar-refractivity contribution >= 4 is 6.03 Å². The van der Waals surface area contributed by atoms with E-state index in [0.29, 0.717) is 26.1 Å². The summed E-state index contributed by atoms with van der Waals surface area (Å²) in [6.07, 6.45) is 3.29. The molecule has 3 rings (SSSR count). The summed E-state index contributed by atoms with van der Waals surface area (Å²) >= 11 is 0. The highest BCUT2D eigenvalue weighted by atomic mass is 19.1. The summed E-state index contributed by atoms with van der Waals surface area (Å²) in [5.41, 5.74) is 0.946. The van der Waals surface area contributed by atoms with Gasteiger partial charge in [-0.3, -0.25) is 0 Å². The maximum absolute atomic E-state index is 12.9. The van der Waals surface area contributed by atoms with Gasteiger partial charge in [0.15, 0.2) is 0 Å². The predicted molar refractivity (Wildman–Crippen MR) is 86.0 cm³/mol. The predicted octanol–water partition coefficient (Wildman–Crippen LogP) is 1.85. The number of likely N-dealkylation sites (tertiary alicyclic amines) is 1. The van der Waals surface area contributed by atoms with Crippen LogP contribution in [0.2, 0.25) is 0 Å². The van der Waals surface area contributed by atoms with Crippen LogP contribution in [-0.4, -0.2) is 40.1 Å². The molecule has 0 aliphatic carbocycles. The van der Waals surface area contributed by atoms with Crippen LogP contribution in [0.1, 0.15) is 17.7 Å². The minimum absolute atomic E-state index is 0.127. The summed E-state index contributed by atoms with van der Waals surface area (Å²) < 4.78 is 18.6. The van der Waals surface area contributed by atoms with Gasteiger partial charge in [0, 0.05) is 31.9 Å². The van der Waals surface area contributed by atoms with E-state index in [-0.39, 0.29) is 29.5 Å². The summed E-state index contributed by atoms with van der Waals surface area (Å²) in [7, 11) is 0. The fraction of sp³-hybridized carbons (Fsp3) is 0.294. The smallest absolute Gasteiger partial charge is 0.317 e. The Labute approximate surface area is 144 Å². The van der Waals surface area contributed by atoms with Gasteiger partial charge in [-0.1, -0.05) is 12.1 Å². The van der Waals surface area contributed by atoms with E-state index < -0.39 is 0 Å². The van der Waals surface area contributed by atoms with Gasteiger partial charge < -0.3 is 15.0 Å². The van der Waals surface area contributed by atoms with E-state index in [9.17, 15) is 9.18 Å². The lowest BCUT2D eigenvalue weighted by Crippen LogP contribution is -2.39. The molecule has 1 aromatic heterocycles. The summed E-state index contributed by atoms with van der Waals surface area (Å²) in [6, 6.07) is 7.68. The van der Waals surface area contributed by atoms with Crippen molar-refractivity contribution in [1.82, 2.24) is 20.2 Å². The van der Waals surface area contributed by atoms with E-state index in [0.717, 1.165) is 5.56 Å². The molecule has 0 bridgehead atoms. The number of nitriles is 1. The number of rotatable bonds is 4. The first kappa shape index (κ1) is 16.6. The van der Waals surface area contributed by atoms with Crippen LogP contribution in [0.5, 0.6) is 5.88 Å². The molecule has 1 saturated heterocycles. The molecule has 1 aliphatic rings. The number of hydrogen-bond donors (Lipinski definition) is 1. The Hall–Kier alpha value is -3.21. The van der Waals surface area contributed by atoms with Crippen LogP contribution in [0.4, 0.5) is 9.18 Å². The normalized spacial score (nSPS) is 16.3. The minimum Gasteiger partial charge on any atom is -0.470 e. The standard InChI is InChI=1S/C17H16FN5O2/c18-13-3-1-12(2-4-13)10-22-17(24)23-8-5-14(11-23)25-16-15(9-19)20-6-7-21-16/h1-4,6-7,14H,5,8,10-11H2,(H,22,24). The van der Waals surface area contributed by atoms with Crippen molar-refractivity contribution in [2.24, 2.45) is 0 Å². The Morgan fingerprint density at radius 1 is 1.36 bits per heavy atom. The summed E-state index contributed by atoms with van der Waals surface area (Å²) in [4.78, 5) is 21.8. The maximum atomic E-state index is 12.9. The van der Waals surface area contributed by atoms with Crippen molar-refractivity contribution in [3.8, 4) is 11.9 Å². The largest absolute Gasteiger partial charge is 0.470 e. The number of halogens is 1. The molecule has 1 N–H and O–H groups in total. The van der Waals surface area contributed by atoms with Crippen LogP contribution in [-0.2, 0) is 6.54 Å².